The number of anilines is 1. The second-order valence-electron chi connectivity index (χ2n) is 9.72. The number of hydrogen-bond acceptors (Lipinski definition) is 6. The summed E-state index contributed by atoms with van der Waals surface area (Å²) >= 11 is 6.30. The maximum atomic E-state index is 13.9. The Bertz CT molecular complexity index is 973. The maximum Gasteiger partial charge on any atom is 0.312 e. The summed E-state index contributed by atoms with van der Waals surface area (Å²) in [5.41, 5.74) is -1.42. The van der Waals surface area contributed by atoms with Gasteiger partial charge in [-0.2, -0.15) is 0 Å². The number of halogens is 1. The fourth-order valence-corrected chi connectivity index (χ4v) is 6.54. The number of rotatable bonds is 11. The van der Waals surface area contributed by atoms with Crippen molar-refractivity contribution in [2.75, 3.05) is 25.1 Å². The van der Waals surface area contributed by atoms with Crippen molar-refractivity contribution in [3.8, 4) is 0 Å². The van der Waals surface area contributed by atoms with Gasteiger partial charge in [-0.05, 0) is 51.2 Å². The van der Waals surface area contributed by atoms with Gasteiger partial charge in [0.25, 0.3) is 0 Å². The number of amides is 2. The van der Waals surface area contributed by atoms with Crippen molar-refractivity contribution < 1.29 is 29.0 Å². The van der Waals surface area contributed by atoms with E-state index in [0.29, 0.717) is 49.4 Å². The highest BCUT2D eigenvalue weighted by atomic mass is 35.5. The van der Waals surface area contributed by atoms with E-state index >= 15 is 0 Å². The average molecular weight is 507 g/mol. The fraction of sp³-hybridized carbons (Fsp3) is 0.654. The van der Waals surface area contributed by atoms with Gasteiger partial charge in [-0.15, -0.1) is 0 Å². The number of unbranched alkanes of at least 4 members (excludes halogenated alkanes) is 3. The summed E-state index contributed by atoms with van der Waals surface area (Å²) in [7, 11) is 0. The molecule has 1 spiro atoms. The van der Waals surface area contributed by atoms with Crippen LogP contribution in [0.5, 0.6) is 0 Å². The number of ether oxygens (including phenoxy) is 2. The van der Waals surface area contributed by atoms with E-state index in [9.17, 15) is 14.4 Å². The Morgan fingerprint density at radius 3 is 2.63 bits per heavy atom. The van der Waals surface area contributed by atoms with Gasteiger partial charge in [0.2, 0.25) is 11.8 Å². The first kappa shape index (κ1) is 25.9. The molecule has 3 saturated heterocycles. The van der Waals surface area contributed by atoms with Crippen molar-refractivity contribution in [3.63, 3.8) is 0 Å². The molecule has 192 valence electrons. The second kappa shape index (κ2) is 10.4. The Kier molecular flexibility index (Phi) is 7.74. The average Bonchev–Trinajstić information content (AvgIpc) is 3.44. The van der Waals surface area contributed by atoms with Gasteiger partial charge >= 0.3 is 5.97 Å². The van der Waals surface area contributed by atoms with Crippen LogP contribution >= 0.6 is 11.6 Å². The summed E-state index contributed by atoms with van der Waals surface area (Å²) in [6.45, 7) is 4.42. The van der Waals surface area contributed by atoms with Crippen LogP contribution in [0.4, 0.5) is 5.69 Å². The molecule has 3 fully saturated rings. The molecule has 2 amide bonds. The Morgan fingerprint density at radius 2 is 1.94 bits per heavy atom. The smallest absolute Gasteiger partial charge is 0.312 e. The largest absolute Gasteiger partial charge is 0.466 e. The maximum absolute atomic E-state index is 13.9. The summed E-state index contributed by atoms with van der Waals surface area (Å²) in [4.78, 5) is 42.4. The number of nitrogens with one attached hydrogen (secondary N) is 1. The zero-order chi connectivity index (χ0) is 25.2. The molecule has 0 radical (unpaired) electrons. The fourth-order valence-electron chi connectivity index (χ4n) is 6.36. The predicted molar refractivity (Wildman–Crippen MR) is 131 cm³/mol. The number of nitrogens with zero attached hydrogens (tertiary/aromatic N) is 1. The number of carbonyl (C=O) groups is 3. The van der Waals surface area contributed by atoms with Crippen LogP contribution in [0.25, 0.3) is 0 Å². The SMILES string of the molecule is CCOC(=O)[C@@H]1[C@H]2C(=O)N(CCCCCCO)C(C(=O)Nc3ccccc3Cl)C23CC[C@@]1(CC)O3. The number of aliphatic hydroxyl groups excluding tert-OH is 1. The first-order chi connectivity index (χ1) is 16.8. The molecule has 2 N–H and O–H groups in total. The number of fused-ring (bicyclic) bond motifs is 1. The lowest BCUT2D eigenvalue weighted by molar-refractivity contribution is -0.160. The number of esters is 1. The molecule has 8 nitrogen and oxygen atoms in total. The lowest BCUT2D eigenvalue weighted by atomic mass is 9.65. The van der Waals surface area contributed by atoms with Crippen molar-refractivity contribution in [2.45, 2.75) is 76.0 Å². The van der Waals surface area contributed by atoms with Crippen LogP contribution in [0, 0.1) is 11.8 Å². The Hall–Kier alpha value is -2.16. The summed E-state index contributed by atoms with van der Waals surface area (Å²) in [5.74, 6) is -2.50. The van der Waals surface area contributed by atoms with E-state index in [1.165, 1.54) is 0 Å². The first-order valence-electron chi connectivity index (χ1n) is 12.7. The van der Waals surface area contributed by atoms with Crippen LogP contribution in [-0.4, -0.2) is 64.8 Å². The molecule has 2 bridgehead atoms. The lowest BCUT2D eigenvalue weighted by Crippen LogP contribution is -2.53. The van der Waals surface area contributed by atoms with Crippen molar-refractivity contribution in [1.29, 1.82) is 0 Å². The third-order valence-electron chi connectivity index (χ3n) is 7.91. The molecule has 5 atom stereocenters. The standard InChI is InChI=1S/C26H35ClN2O6/c1-3-25-13-14-26(35-25)19(20(25)24(33)34-4-2)23(32)29(15-9-5-6-10-16-30)21(26)22(31)28-18-12-8-7-11-17(18)27/h7-8,11-12,19-21,30H,3-6,9-10,13-16H2,1-2H3,(H,28,31)/t19-,20-,21?,25+,26?/m0/s1. The first-order valence-corrected chi connectivity index (χ1v) is 13.1. The molecule has 35 heavy (non-hydrogen) atoms. The number of benzene rings is 1. The number of para-hydroxylation sites is 1. The number of aliphatic hydroxyl groups is 1. The molecule has 0 saturated carbocycles. The van der Waals surface area contributed by atoms with Crippen LogP contribution in [0.2, 0.25) is 5.02 Å². The molecular weight excluding hydrogens is 472 g/mol. The summed E-state index contributed by atoms with van der Waals surface area (Å²) in [6.07, 6.45) is 4.72. The molecule has 2 unspecified atom stereocenters. The highest BCUT2D eigenvalue weighted by Gasteiger charge is 2.78. The molecule has 1 aromatic carbocycles. The highest BCUT2D eigenvalue weighted by molar-refractivity contribution is 6.33. The number of likely N-dealkylation sites (tertiary alicyclic amines) is 1. The third kappa shape index (κ3) is 4.34. The van der Waals surface area contributed by atoms with Gasteiger partial charge in [0.15, 0.2) is 0 Å². The third-order valence-corrected chi connectivity index (χ3v) is 8.24. The van der Waals surface area contributed by atoms with Crippen LogP contribution in [0.15, 0.2) is 24.3 Å². The van der Waals surface area contributed by atoms with E-state index in [2.05, 4.69) is 5.32 Å². The minimum atomic E-state index is -1.08. The minimum absolute atomic E-state index is 0.130. The zero-order valence-electron chi connectivity index (χ0n) is 20.4. The van der Waals surface area contributed by atoms with Gasteiger partial charge in [-0.3, -0.25) is 14.4 Å². The van der Waals surface area contributed by atoms with Gasteiger partial charge in [0.05, 0.1) is 28.8 Å². The van der Waals surface area contributed by atoms with E-state index in [0.717, 1.165) is 12.8 Å². The summed E-state index contributed by atoms with van der Waals surface area (Å²) in [5, 5.41) is 12.4. The zero-order valence-corrected chi connectivity index (χ0v) is 21.2. The predicted octanol–water partition coefficient (Wildman–Crippen LogP) is 3.55. The summed E-state index contributed by atoms with van der Waals surface area (Å²) in [6, 6.07) is 6.09. The quantitative estimate of drug-likeness (QED) is 0.351. The van der Waals surface area contributed by atoms with Crippen molar-refractivity contribution in [2.24, 2.45) is 11.8 Å². The van der Waals surface area contributed by atoms with E-state index in [1.54, 1.807) is 36.1 Å². The van der Waals surface area contributed by atoms with Crippen molar-refractivity contribution in [1.82, 2.24) is 4.90 Å². The molecular formula is C26H35ClN2O6. The highest BCUT2D eigenvalue weighted by Crippen LogP contribution is 2.64. The van der Waals surface area contributed by atoms with E-state index < -0.39 is 35.0 Å². The molecule has 9 heteroatoms. The molecule has 0 aliphatic carbocycles. The Balaban J connectivity index is 1.68. The Morgan fingerprint density at radius 1 is 1.20 bits per heavy atom. The molecule has 3 aliphatic heterocycles. The van der Waals surface area contributed by atoms with Crippen LogP contribution < -0.4 is 5.32 Å². The van der Waals surface area contributed by atoms with Crippen molar-refractivity contribution >= 4 is 35.1 Å². The van der Waals surface area contributed by atoms with Crippen LogP contribution in [0.1, 0.15) is 58.8 Å². The minimum Gasteiger partial charge on any atom is -0.466 e. The molecule has 0 aromatic heterocycles. The molecule has 3 heterocycles. The normalized spacial score (nSPS) is 31.0. The number of hydrogen-bond donors (Lipinski definition) is 2. The van der Waals surface area contributed by atoms with E-state index in [1.807, 2.05) is 6.92 Å². The Labute approximate surface area is 211 Å². The van der Waals surface area contributed by atoms with Gasteiger partial charge in [-0.1, -0.05) is 43.5 Å². The van der Waals surface area contributed by atoms with Gasteiger partial charge in [0.1, 0.15) is 17.6 Å². The van der Waals surface area contributed by atoms with Crippen LogP contribution in [-0.2, 0) is 23.9 Å². The van der Waals surface area contributed by atoms with Gasteiger partial charge < -0.3 is 24.8 Å². The molecule has 4 rings (SSSR count). The second-order valence-corrected chi connectivity index (χ2v) is 10.1. The monoisotopic (exact) mass is 506 g/mol. The van der Waals surface area contributed by atoms with Gasteiger partial charge in [0, 0.05) is 13.2 Å². The van der Waals surface area contributed by atoms with Crippen molar-refractivity contribution in [3.05, 3.63) is 29.3 Å². The summed E-state index contributed by atoms with van der Waals surface area (Å²) < 4.78 is 12.1. The number of carbonyl (C=O) groups excluding carboxylic acids is 3. The van der Waals surface area contributed by atoms with Crippen LogP contribution in [0.3, 0.4) is 0 Å². The lowest BCUT2D eigenvalue weighted by Gasteiger charge is -2.33. The van der Waals surface area contributed by atoms with Gasteiger partial charge in [-0.25, -0.2) is 0 Å². The molecule has 3 aliphatic rings. The van der Waals surface area contributed by atoms with E-state index in [-0.39, 0.29) is 25.0 Å². The topological polar surface area (TPSA) is 105 Å². The van der Waals surface area contributed by atoms with E-state index in [4.69, 9.17) is 26.2 Å². The molecule has 1 aromatic rings.